The van der Waals surface area contributed by atoms with Crippen molar-refractivity contribution in [3.8, 4) is 11.5 Å². The molecule has 0 aliphatic rings. The lowest BCUT2D eigenvalue weighted by Gasteiger charge is -2.04. The molecule has 10 heteroatoms. The summed E-state index contributed by atoms with van der Waals surface area (Å²) >= 11 is 1.35. The maximum absolute atomic E-state index is 12.3. The van der Waals surface area contributed by atoms with Crippen LogP contribution >= 0.6 is 11.3 Å². The molecule has 0 spiro atoms. The lowest BCUT2D eigenvalue weighted by atomic mass is 10.3. The van der Waals surface area contributed by atoms with Gasteiger partial charge in [0.2, 0.25) is 11.7 Å². The Bertz CT molecular complexity index is 1220. The molecule has 4 rings (SSSR count). The summed E-state index contributed by atoms with van der Waals surface area (Å²) in [4.78, 5) is 30.8. The van der Waals surface area contributed by atoms with Crippen molar-refractivity contribution in [1.82, 2.24) is 14.5 Å². The Labute approximate surface area is 175 Å². The molecule has 30 heavy (non-hydrogen) atoms. The number of fused-ring (bicyclic) bond motifs is 1. The molecule has 0 aliphatic carbocycles. The molecule has 9 nitrogen and oxygen atoms in total. The van der Waals surface area contributed by atoms with E-state index >= 15 is 0 Å². The topological polar surface area (TPSA) is 112 Å². The van der Waals surface area contributed by atoms with Crippen LogP contribution < -0.4 is 10.1 Å². The molecule has 0 saturated carbocycles. The molecule has 0 unspecified atom stereocenters. The Morgan fingerprint density at radius 3 is 2.73 bits per heavy atom. The number of nitrogens with zero attached hydrogens (tertiary/aromatic N) is 4. The minimum Gasteiger partial charge on any atom is -0.457 e. The molecule has 0 aliphatic heterocycles. The van der Waals surface area contributed by atoms with Crippen LogP contribution in [0.15, 0.2) is 54.7 Å². The van der Waals surface area contributed by atoms with Crippen LogP contribution in [0.5, 0.6) is 11.5 Å². The van der Waals surface area contributed by atoms with Crippen LogP contribution in [0.2, 0.25) is 0 Å². The van der Waals surface area contributed by atoms with Gasteiger partial charge in [-0.1, -0.05) is 29.5 Å². The van der Waals surface area contributed by atoms with Crippen LogP contribution in [0.25, 0.3) is 10.2 Å². The van der Waals surface area contributed by atoms with Crippen molar-refractivity contribution >= 4 is 38.4 Å². The van der Waals surface area contributed by atoms with E-state index in [0.29, 0.717) is 23.3 Å². The van der Waals surface area contributed by atoms with E-state index in [2.05, 4.69) is 15.3 Å². The fourth-order valence-electron chi connectivity index (χ4n) is 2.86. The van der Waals surface area contributed by atoms with E-state index in [1.807, 2.05) is 48.5 Å². The Morgan fingerprint density at radius 2 is 2.00 bits per heavy atom. The van der Waals surface area contributed by atoms with Gasteiger partial charge >= 0.3 is 5.82 Å². The number of nitro groups is 1. The zero-order valence-electron chi connectivity index (χ0n) is 15.9. The molecule has 0 saturated heterocycles. The summed E-state index contributed by atoms with van der Waals surface area (Å²) in [5, 5.41) is 14.1. The predicted octanol–water partition coefficient (Wildman–Crippen LogP) is 4.53. The van der Waals surface area contributed by atoms with Crippen molar-refractivity contribution in [2.24, 2.45) is 0 Å². The van der Waals surface area contributed by atoms with Crippen LogP contribution in [0.4, 0.5) is 10.9 Å². The third kappa shape index (κ3) is 4.44. The van der Waals surface area contributed by atoms with Crippen molar-refractivity contribution in [1.29, 1.82) is 0 Å². The van der Waals surface area contributed by atoms with E-state index in [9.17, 15) is 14.9 Å². The number of aromatic nitrogens is 3. The number of nitrogens with one attached hydrogen (secondary N) is 1. The molecule has 0 atom stereocenters. The number of hydrogen-bond acceptors (Lipinski definition) is 7. The first kappa shape index (κ1) is 19.5. The van der Waals surface area contributed by atoms with Gasteiger partial charge < -0.3 is 24.7 Å². The molecule has 0 radical (unpaired) electrons. The number of imidazole rings is 1. The highest BCUT2D eigenvalue weighted by atomic mass is 32.1. The average molecular weight is 423 g/mol. The fraction of sp³-hybridized carbons (Fsp3) is 0.150. The number of anilines is 1. The summed E-state index contributed by atoms with van der Waals surface area (Å²) in [6, 6.07) is 15.0. The zero-order valence-corrected chi connectivity index (χ0v) is 16.8. The summed E-state index contributed by atoms with van der Waals surface area (Å²) < 4.78 is 8.30. The van der Waals surface area contributed by atoms with E-state index in [1.165, 1.54) is 17.5 Å². The molecular weight excluding hydrogens is 406 g/mol. The molecule has 4 aromatic rings. The number of thiazole rings is 1. The van der Waals surface area contributed by atoms with Gasteiger partial charge in [0, 0.05) is 26.0 Å². The normalized spacial score (nSPS) is 10.8. The first-order valence-electron chi connectivity index (χ1n) is 9.09. The van der Waals surface area contributed by atoms with Gasteiger partial charge in [-0.25, -0.2) is 4.98 Å². The van der Waals surface area contributed by atoms with E-state index in [4.69, 9.17) is 4.74 Å². The highest BCUT2D eigenvalue weighted by molar-refractivity contribution is 7.22. The molecular formula is C20H17N5O4S. The maximum atomic E-state index is 12.3. The van der Waals surface area contributed by atoms with Gasteiger partial charge in [0.05, 0.1) is 10.2 Å². The van der Waals surface area contributed by atoms with Crippen molar-refractivity contribution < 1.29 is 14.5 Å². The van der Waals surface area contributed by atoms with Crippen molar-refractivity contribution in [3.05, 3.63) is 70.7 Å². The third-order valence-corrected chi connectivity index (χ3v) is 5.25. The van der Waals surface area contributed by atoms with Gasteiger partial charge in [-0.3, -0.25) is 4.79 Å². The number of benzene rings is 2. The van der Waals surface area contributed by atoms with Crippen molar-refractivity contribution in [2.75, 3.05) is 5.32 Å². The standard InChI is InChI=1S/C20H17N5O4S/c1-13-21-18(25(27)28)12-24(13)10-9-19(26)23-20-22-16-8-7-15(11-17(16)30-20)29-14-5-3-2-4-6-14/h2-8,11-12H,9-10H2,1H3,(H,22,23,26). The number of aryl methyl sites for hydroxylation is 2. The lowest BCUT2D eigenvalue weighted by Crippen LogP contribution is -2.14. The minimum absolute atomic E-state index is 0.145. The second-order valence-electron chi connectivity index (χ2n) is 6.46. The van der Waals surface area contributed by atoms with Gasteiger partial charge in [0.1, 0.15) is 17.7 Å². The predicted molar refractivity (Wildman–Crippen MR) is 113 cm³/mol. The first-order valence-corrected chi connectivity index (χ1v) is 9.91. The Hall–Kier alpha value is -3.79. The quantitative estimate of drug-likeness (QED) is 0.345. The van der Waals surface area contributed by atoms with Crippen molar-refractivity contribution in [2.45, 2.75) is 19.9 Å². The number of hydrogen-bond donors (Lipinski definition) is 1. The van der Waals surface area contributed by atoms with Gasteiger partial charge in [-0.2, -0.15) is 0 Å². The fourth-order valence-corrected chi connectivity index (χ4v) is 3.77. The number of rotatable bonds is 7. The lowest BCUT2D eigenvalue weighted by molar-refractivity contribution is -0.389. The first-order chi connectivity index (χ1) is 14.5. The van der Waals surface area contributed by atoms with E-state index in [-0.39, 0.29) is 18.1 Å². The Kier molecular flexibility index (Phi) is 5.40. The van der Waals surface area contributed by atoms with Gasteiger partial charge in [0.25, 0.3) is 0 Å². The number of carbonyl (C=O) groups is 1. The van der Waals surface area contributed by atoms with Crippen LogP contribution in [0, 0.1) is 17.0 Å². The average Bonchev–Trinajstić information content (AvgIpc) is 3.29. The second-order valence-corrected chi connectivity index (χ2v) is 7.49. The zero-order chi connectivity index (χ0) is 21.1. The molecule has 1 N–H and O–H groups in total. The van der Waals surface area contributed by atoms with Gasteiger partial charge in [0.15, 0.2) is 5.13 Å². The van der Waals surface area contributed by atoms with Gasteiger partial charge in [-0.15, -0.1) is 0 Å². The van der Waals surface area contributed by atoms with Crippen LogP contribution in [0.1, 0.15) is 12.2 Å². The molecule has 2 aromatic carbocycles. The van der Waals surface area contributed by atoms with Gasteiger partial charge in [-0.05, 0) is 34.2 Å². The second kappa shape index (κ2) is 8.29. The highest BCUT2D eigenvalue weighted by Gasteiger charge is 2.16. The smallest absolute Gasteiger partial charge is 0.381 e. The van der Waals surface area contributed by atoms with E-state index in [1.54, 1.807) is 11.5 Å². The highest BCUT2D eigenvalue weighted by Crippen LogP contribution is 2.31. The summed E-state index contributed by atoms with van der Waals surface area (Å²) in [5.74, 6) is 1.45. The van der Waals surface area contributed by atoms with Crippen LogP contribution in [-0.2, 0) is 11.3 Å². The van der Waals surface area contributed by atoms with Crippen molar-refractivity contribution in [3.63, 3.8) is 0 Å². The summed E-state index contributed by atoms with van der Waals surface area (Å²) in [6.45, 7) is 1.95. The Balaban J connectivity index is 1.39. The molecule has 0 fully saturated rings. The maximum Gasteiger partial charge on any atom is 0.381 e. The van der Waals surface area contributed by atoms with Crippen LogP contribution in [-0.4, -0.2) is 25.4 Å². The molecule has 0 bridgehead atoms. The molecule has 152 valence electrons. The minimum atomic E-state index is -0.555. The molecule has 2 aromatic heterocycles. The van der Waals surface area contributed by atoms with Crippen LogP contribution in [0.3, 0.4) is 0 Å². The summed E-state index contributed by atoms with van der Waals surface area (Å²) in [5.41, 5.74) is 0.761. The Morgan fingerprint density at radius 1 is 1.20 bits per heavy atom. The number of carbonyl (C=O) groups excluding carboxylic acids is 1. The largest absolute Gasteiger partial charge is 0.457 e. The SMILES string of the molecule is Cc1nc([N+](=O)[O-])cn1CCC(=O)Nc1nc2ccc(Oc3ccccc3)cc2s1. The summed E-state index contributed by atoms with van der Waals surface area (Å²) in [7, 11) is 0. The number of ether oxygens (including phenoxy) is 1. The van der Waals surface area contributed by atoms with E-state index < -0.39 is 4.92 Å². The molecule has 2 heterocycles. The monoisotopic (exact) mass is 423 g/mol. The third-order valence-electron chi connectivity index (χ3n) is 4.32. The van der Waals surface area contributed by atoms with E-state index in [0.717, 1.165) is 16.0 Å². The summed E-state index contributed by atoms with van der Waals surface area (Å²) in [6.07, 6.45) is 1.47. The molecule has 1 amide bonds. The number of amides is 1. The number of para-hydroxylation sites is 1.